The van der Waals surface area contributed by atoms with E-state index < -0.39 is 37.6 Å². The fourth-order valence-corrected chi connectivity index (χ4v) is 4.90. The molecule has 1 heterocycles. The molecule has 1 aromatic carbocycles. The van der Waals surface area contributed by atoms with Crippen LogP contribution in [0.5, 0.6) is 0 Å². The summed E-state index contributed by atoms with van der Waals surface area (Å²) in [7, 11) is 0. The zero-order valence-electron chi connectivity index (χ0n) is 11.8. The van der Waals surface area contributed by atoms with Gasteiger partial charge in [-0.25, -0.2) is 4.39 Å². The largest absolute Gasteiger partial charge is 0.275 e. The second kappa shape index (κ2) is 5.46. The maximum Gasteiger partial charge on any atom is 0.272 e. The van der Waals surface area contributed by atoms with Crippen LogP contribution in [0.1, 0.15) is 25.7 Å². The van der Waals surface area contributed by atoms with Crippen LogP contribution in [0.4, 0.5) is 15.8 Å². The van der Waals surface area contributed by atoms with Crippen molar-refractivity contribution in [1.29, 1.82) is 0 Å². The molecular weight excluding hydrogens is 370 g/mol. The van der Waals surface area contributed by atoms with Crippen molar-refractivity contribution >= 4 is 52.1 Å². The molecule has 0 radical (unpaired) electrons. The van der Waals surface area contributed by atoms with Crippen molar-refractivity contribution in [2.45, 2.75) is 35.0 Å². The minimum absolute atomic E-state index is 0.208. The molecule has 2 atom stereocenters. The standard InChI is InChI=1S/C14H12Cl3FN2O3/c15-13-6-2-1-3-11(13)14(16,17)19(12(13)21)10-5-4-8(20(22)23)7-9(10)18/h4-5,7,11H,1-3,6H2. The molecule has 9 heteroatoms. The van der Waals surface area contributed by atoms with E-state index in [2.05, 4.69) is 0 Å². The highest BCUT2D eigenvalue weighted by Gasteiger charge is 2.66. The number of anilines is 1. The van der Waals surface area contributed by atoms with E-state index in [1.165, 1.54) is 0 Å². The second-order valence-corrected chi connectivity index (χ2v) is 7.80. The number of rotatable bonds is 2. The summed E-state index contributed by atoms with van der Waals surface area (Å²) in [6.45, 7) is 0. The average Bonchev–Trinajstić information content (AvgIpc) is 2.63. The molecule has 5 nitrogen and oxygen atoms in total. The molecule has 2 unspecified atom stereocenters. The topological polar surface area (TPSA) is 63.5 Å². The summed E-state index contributed by atoms with van der Waals surface area (Å²) in [5.41, 5.74) is -0.634. The van der Waals surface area contributed by atoms with Gasteiger partial charge in [0, 0.05) is 12.0 Å². The van der Waals surface area contributed by atoms with Gasteiger partial charge in [-0.05, 0) is 18.9 Å². The van der Waals surface area contributed by atoms with Gasteiger partial charge in [0.15, 0.2) is 5.82 Å². The van der Waals surface area contributed by atoms with Gasteiger partial charge >= 0.3 is 0 Å². The van der Waals surface area contributed by atoms with Crippen LogP contribution in [0.15, 0.2) is 18.2 Å². The fraction of sp³-hybridized carbons (Fsp3) is 0.500. The van der Waals surface area contributed by atoms with Crippen molar-refractivity contribution in [2.24, 2.45) is 5.92 Å². The van der Waals surface area contributed by atoms with Crippen LogP contribution in [0, 0.1) is 21.8 Å². The van der Waals surface area contributed by atoms with Crippen LogP contribution < -0.4 is 4.90 Å². The number of carbonyl (C=O) groups excluding carboxylic acids is 1. The predicted molar refractivity (Wildman–Crippen MR) is 85.5 cm³/mol. The van der Waals surface area contributed by atoms with E-state index in [0.29, 0.717) is 12.8 Å². The van der Waals surface area contributed by atoms with Gasteiger partial charge in [0.25, 0.3) is 11.6 Å². The van der Waals surface area contributed by atoms with E-state index in [1.807, 2.05) is 0 Å². The second-order valence-electron chi connectivity index (χ2n) is 5.78. The van der Waals surface area contributed by atoms with Crippen LogP contribution in [0.2, 0.25) is 0 Å². The number of hydrogen-bond donors (Lipinski definition) is 0. The average molecular weight is 382 g/mol. The van der Waals surface area contributed by atoms with Crippen molar-refractivity contribution in [2.75, 3.05) is 4.90 Å². The third-order valence-corrected chi connectivity index (χ3v) is 5.97. The molecule has 2 fully saturated rings. The van der Waals surface area contributed by atoms with Crippen molar-refractivity contribution in [1.82, 2.24) is 0 Å². The van der Waals surface area contributed by atoms with Crippen LogP contribution in [-0.2, 0) is 4.79 Å². The Hall–Kier alpha value is -1.11. The Kier molecular flexibility index (Phi) is 3.98. The molecule has 0 N–H and O–H groups in total. The minimum atomic E-state index is -1.70. The summed E-state index contributed by atoms with van der Waals surface area (Å²) in [5, 5.41) is 10.7. The summed E-state index contributed by atoms with van der Waals surface area (Å²) in [5.74, 6) is -2.06. The number of nitro benzene ring substituents is 1. The third-order valence-electron chi connectivity index (χ3n) is 4.49. The lowest BCUT2D eigenvalue weighted by atomic mass is 9.80. The molecule has 1 aromatic rings. The number of nitro groups is 1. The zero-order valence-corrected chi connectivity index (χ0v) is 14.0. The maximum absolute atomic E-state index is 14.3. The monoisotopic (exact) mass is 380 g/mol. The molecule has 0 aromatic heterocycles. The number of halogens is 4. The molecule has 1 saturated heterocycles. The van der Waals surface area contributed by atoms with Gasteiger partial charge in [0.1, 0.15) is 4.87 Å². The van der Waals surface area contributed by atoms with E-state index in [9.17, 15) is 19.3 Å². The van der Waals surface area contributed by atoms with Gasteiger partial charge in [-0.1, -0.05) is 36.0 Å². The number of alkyl halides is 3. The molecule has 3 rings (SSSR count). The van der Waals surface area contributed by atoms with Gasteiger partial charge < -0.3 is 0 Å². The van der Waals surface area contributed by atoms with Crippen LogP contribution in [0.3, 0.4) is 0 Å². The third kappa shape index (κ3) is 2.39. The molecule has 0 spiro atoms. The molecule has 1 aliphatic heterocycles. The highest BCUT2D eigenvalue weighted by Crippen LogP contribution is 2.58. The van der Waals surface area contributed by atoms with Gasteiger partial charge in [-0.15, -0.1) is 11.6 Å². The summed E-state index contributed by atoms with van der Waals surface area (Å²) < 4.78 is 12.6. The lowest BCUT2D eigenvalue weighted by Gasteiger charge is -2.34. The Bertz CT molecular complexity index is 700. The molecule has 124 valence electrons. The number of amides is 1. The number of hydrogen-bond acceptors (Lipinski definition) is 3. The summed E-state index contributed by atoms with van der Waals surface area (Å²) in [6, 6.07) is 2.95. The van der Waals surface area contributed by atoms with E-state index in [1.54, 1.807) is 0 Å². The van der Waals surface area contributed by atoms with E-state index in [4.69, 9.17) is 34.8 Å². The highest BCUT2D eigenvalue weighted by molar-refractivity contribution is 6.55. The Morgan fingerprint density at radius 1 is 1.30 bits per heavy atom. The lowest BCUT2D eigenvalue weighted by Crippen LogP contribution is -2.40. The van der Waals surface area contributed by atoms with Crippen LogP contribution in [-0.4, -0.2) is 20.2 Å². The number of non-ortho nitro benzene ring substituents is 1. The molecule has 1 aliphatic carbocycles. The Labute approximate surface area is 146 Å². The molecule has 0 bridgehead atoms. The van der Waals surface area contributed by atoms with Gasteiger partial charge in [-0.2, -0.15) is 0 Å². The molecular formula is C14H12Cl3FN2O3. The first-order chi connectivity index (χ1) is 10.7. The Morgan fingerprint density at radius 2 is 2.00 bits per heavy atom. The normalized spacial score (nSPS) is 29.5. The summed E-state index contributed by atoms with van der Waals surface area (Å²) in [4.78, 5) is 22.4. The van der Waals surface area contributed by atoms with Crippen molar-refractivity contribution < 1.29 is 14.1 Å². The summed E-state index contributed by atoms with van der Waals surface area (Å²) in [6.07, 6.45) is 2.54. The van der Waals surface area contributed by atoms with Gasteiger partial charge in [-0.3, -0.25) is 19.8 Å². The van der Waals surface area contributed by atoms with Crippen LogP contribution >= 0.6 is 34.8 Å². The summed E-state index contributed by atoms with van der Waals surface area (Å²) >= 11 is 19.3. The smallest absolute Gasteiger partial charge is 0.272 e. The van der Waals surface area contributed by atoms with Crippen LogP contribution in [0.25, 0.3) is 0 Å². The van der Waals surface area contributed by atoms with Crippen molar-refractivity contribution in [3.8, 4) is 0 Å². The molecule has 1 saturated carbocycles. The Morgan fingerprint density at radius 3 is 2.57 bits per heavy atom. The number of carbonyl (C=O) groups is 1. The zero-order chi connectivity index (χ0) is 17.0. The first kappa shape index (κ1) is 16.7. The molecule has 2 aliphatic rings. The predicted octanol–water partition coefficient (Wildman–Crippen LogP) is 4.38. The van der Waals surface area contributed by atoms with Crippen molar-refractivity contribution in [3.05, 3.63) is 34.1 Å². The SMILES string of the molecule is O=C1N(c2ccc([N+](=O)[O-])cc2F)C(Cl)(Cl)C2CCCCC12Cl. The highest BCUT2D eigenvalue weighted by atomic mass is 35.5. The molecule has 1 amide bonds. The lowest BCUT2D eigenvalue weighted by molar-refractivity contribution is -0.385. The number of benzene rings is 1. The number of nitrogens with zero attached hydrogens (tertiary/aromatic N) is 2. The Balaban J connectivity index is 2.09. The van der Waals surface area contributed by atoms with Crippen molar-refractivity contribution in [3.63, 3.8) is 0 Å². The quantitative estimate of drug-likeness (QED) is 0.330. The van der Waals surface area contributed by atoms with E-state index in [-0.39, 0.29) is 5.69 Å². The van der Waals surface area contributed by atoms with Gasteiger partial charge in [0.2, 0.25) is 4.46 Å². The fourth-order valence-electron chi connectivity index (χ4n) is 3.38. The van der Waals surface area contributed by atoms with Gasteiger partial charge in [0.05, 0.1) is 16.7 Å². The van der Waals surface area contributed by atoms with E-state index >= 15 is 0 Å². The first-order valence-corrected chi connectivity index (χ1v) is 8.18. The maximum atomic E-state index is 14.3. The first-order valence-electron chi connectivity index (χ1n) is 7.05. The van der Waals surface area contributed by atoms with E-state index in [0.717, 1.165) is 35.9 Å². The minimum Gasteiger partial charge on any atom is -0.275 e. The molecule has 23 heavy (non-hydrogen) atoms. The number of fused-ring (bicyclic) bond motifs is 1.